The molecule has 1 aromatic heterocycles. The molecule has 9 heteroatoms. The maximum absolute atomic E-state index is 13.0. The summed E-state index contributed by atoms with van der Waals surface area (Å²) in [5.41, 5.74) is 2.03. The van der Waals surface area contributed by atoms with Gasteiger partial charge in [0.05, 0.1) is 25.9 Å². The summed E-state index contributed by atoms with van der Waals surface area (Å²) in [4.78, 5) is 17.6. The SMILES string of the molecule is CCCOC(=O)C1=C(C)Nc2nc(SCC)nn2C1c1ccc(OC)c(OCC)c1. The minimum Gasteiger partial charge on any atom is -0.493 e. The van der Waals surface area contributed by atoms with E-state index in [1.165, 1.54) is 0 Å². The largest absolute Gasteiger partial charge is 0.493 e. The van der Waals surface area contributed by atoms with Gasteiger partial charge in [0.1, 0.15) is 6.04 Å². The van der Waals surface area contributed by atoms with Crippen LogP contribution in [0.2, 0.25) is 0 Å². The Bertz CT molecular complexity index is 941. The molecule has 1 aromatic carbocycles. The summed E-state index contributed by atoms with van der Waals surface area (Å²) >= 11 is 1.55. The van der Waals surface area contributed by atoms with Crippen molar-refractivity contribution in [2.75, 3.05) is 31.4 Å². The number of benzene rings is 1. The molecule has 1 N–H and O–H groups in total. The minimum atomic E-state index is -0.491. The van der Waals surface area contributed by atoms with Crippen molar-refractivity contribution >= 4 is 23.7 Å². The Labute approximate surface area is 181 Å². The first kappa shape index (κ1) is 22.0. The van der Waals surface area contributed by atoms with Crippen molar-refractivity contribution in [2.45, 2.75) is 45.3 Å². The van der Waals surface area contributed by atoms with Crippen molar-refractivity contribution in [1.82, 2.24) is 14.8 Å². The first-order valence-electron chi connectivity index (χ1n) is 10.1. The van der Waals surface area contributed by atoms with Crippen molar-refractivity contribution in [3.05, 3.63) is 35.0 Å². The third-order valence-corrected chi connectivity index (χ3v) is 5.29. The predicted molar refractivity (Wildman–Crippen MR) is 116 cm³/mol. The van der Waals surface area contributed by atoms with Crippen molar-refractivity contribution in [3.63, 3.8) is 0 Å². The molecule has 0 aliphatic carbocycles. The number of anilines is 1. The van der Waals surface area contributed by atoms with E-state index in [0.717, 1.165) is 17.7 Å². The molecule has 1 unspecified atom stereocenters. The van der Waals surface area contributed by atoms with E-state index in [-0.39, 0.29) is 5.97 Å². The van der Waals surface area contributed by atoms with E-state index in [4.69, 9.17) is 14.2 Å². The highest BCUT2D eigenvalue weighted by molar-refractivity contribution is 7.99. The lowest BCUT2D eigenvalue weighted by Gasteiger charge is -2.28. The zero-order chi connectivity index (χ0) is 21.7. The normalized spacial score (nSPS) is 15.4. The Balaban J connectivity index is 2.13. The smallest absolute Gasteiger partial charge is 0.338 e. The number of carbonyl (C=O) groups is 1. The number of rotatable bonds is 9. The van der Waals surface area contributed by atoms with Gasteiger partial charge in [-0.15, -0.1) is 5.10 Å². The molecule has 3 rings (SSSR count). The number of aromatic nitrogens is 3. The summed E-state index contributed by atoms with van der Waals surface area (Å²) in [6.07, 6.45) is 0.749. The summed E-state index contributed by atoms with van der Waals surface area (Å²) in [6.45, 7) is 8.64. The van der Waals surface area contributed by atoms with Gasteiger partial charge >= 0.3 is 5.97 Å². The Morgan fingerprint density at radius 1 is 1.27 bits per heavy atom. The fourth-order valence-electron chi connectivity index (χ4n) is 3.30. The zero-order valence-corrected chi connectivity index (χ0v) is 18.8. The summed E-state index contributed by atoms with van der Waals surface area (Å²) in [5.74, 6) is 2.31. The number of hydrogen-bond acceptors (Lipinski definition) is 8. The number of fused-ring (bicyclic) bond motifs is 1. The first-order valence-corrected chi connectivity index (χ1v) is 11.1. The molecule has 2 heterocycles. The van der Waals surface area contributed by atoms with Gasteiger partial charge in [-0.25, -0.2) is 9.48 Å². The molecule has 162 valence electrons. The second kappa shape index (κ2) is 9.88. The van der Waals surface area contributed by atoms with E-state index in [1.54, 1.807) is 23.6 Å². The maximum atomic E-state index is 13.0. The van der Waals surface area contributed by atoms with E-state index in [0.29, 0.717) is 47.1 Å². The monoisotopic (exact) mass is 432 g/mol. The number of methoxy groups -OCH3 is 1. The molecule has 2 aromatic rings. The molecule has 0 fully saturated rings. The summed E-state index contributed by atoms with van der Waals surface area (Å²) in [7, 11) is 1.60. The predicted octanol–water partition coefficient (Wildman–Crippen LogP) is 4.04. The summed E-state index contributed by atoms with van der Waals surface area (Å²) < 4.78 is 18.4. The molecule has 1 aliphatic heterocycles. The lowest BCUT2D eigenvalue weighted by molar-refractivity contribution is -0.139. The zero-order valence-electron chi connectivity index (χ0n) is 18.0. The van der Waals surface area contributed by atoms with Crippen molar-refractivity contribution < 1.29 is 19.0 Å². The van der Waals surface area contributed by atoms with Gasteiger partial charge in [-0.2, -0.15) is 4.98 Å². The number of ether oxygens (including phenoxy) is 3. The highest BCUT2D eigenvalue weighted by Gasteiger charge is 2.35. The second-order valence-corrected chi connectivity index (χ2v) is 7.87. The fraction of sp³-hybridized carbons (Fsp3) is 0.476. The van der Waals surface area contributed by atoms with Gasteiger partial charge in [-0.3, -0.25) is 0 Å². The lowest BCUT2D eigenvalue weighted by atomic mass is 9.95. The van der Waals surface area contributed by atoms with Gasteiger partial charge in [0.15, 0.2) is 11.5 Å². The topological polar surface area (TPSA) is 87.5 Å². The van der Waals surface area contributed by atoms with Gasteiger partial charge in [0.25, 0.3) is 0 Å². The highest BCUT2D eigenvalue weighted by Crippen LogP contribution is 2.39. The Morgan fingerprint density at radius 2 is 2.07 bits per heavy atom. The molecule has 30 heavy (non-hydrogen) atoms. The second-order valence-electron chi connectivity index (χ2n) is 6.64. The Morgan fingerprint density at radius 3 is 2.73 bits per heavy atom. The molecular formula is C21H28N4O4S. The number of nitrogens with zero attached hydrogens (tertiary/aromatic N) is 3. The Kier molecular flexibility index (Phi) is 7.25. The van der Waals surface area contributed by atoms with Crippen LogP contribution in [0.3, 0.4) is 0 Å². The van der Waals surface area contributed by atoms with Crippen LogP contribution in [-0.2, 0) is 9.53 Å². The number of hydrogen-bond donors (Lipinski definition) is 1. The van der Waals surface area contributed by atoms with Gasteiger partial charge in [-0.05, 0) is 43.7 Å². The van der Waals surface area contributed by atoms with E-state index in [2.05, 4.69) is 15.4 Å². The van der Waals surface area contributed by atoms with E-state index < -0.39 is 6.04 Å². The Hall–Kier alpha value is -2.68. The number of esters is 1. The van der Waals surface area contributed by atoms with E-state index in [9.17, 15) is 4.79 Å². The average molecular weight is 433 g/mol. The lowest BCUT2D eigenvalue weighted by Crippen LogP contribution is -2.29. The highest BCUT2D eigenvalue weighted by atomic mass is 32.2. The molecule has 0 spiro atoms. The van der Waals surface area contributed by atoms with E-state index in [1.807, 2.05) is 45.9 Å². The van der Waals surface area contributed by atoms with Crippen LogP contribution in [0, 0.1) is 0 Å². The first-order chi connectivity index (χ1) is 14.5. The van der Waals surface area contributed by atoms with Crippen LogP contribution in [0.5, 0.6) is 11.5 Å². The number of carbonyl (C=O) groups excluding carboxylic acids is 1. The molecule has 1 atom stereocenters. The molecular weight excluding hydrogens is 404 g/mol. The molecule has 1 aliphatic rings. The third-order valence-electron chi connectivity index (χ3n) is 4.57. The van der Waals surface area contributed by atoms with Crippen LogP contribution in [0.4, 0.5) is 5.95 Å². The number of allylic oxidation sites excluding steroid dienone is 1. The summed E-state index contributed by atoms with van der Waals surface area (Å²) in [5, 5.41) is 8.52. The van der Waals surface area contributed by atoms with Crippen LogP contribution in [0.1, 0.15) is 45.7 Å². The van der Waals surface area contributed by atoms with Crippen LogP contribution >= 0.6 is 11.8 Å². The molecule has 0 radical (unpaired) electrons. The molecule has 0 bridgehead atoms. The molecule has 0 saturated carbocycles. The standard InChI is InChI=1S/C21H28N4O4S/c1-6-11-29-19(26)17-13(4)22-20-23-21(30-8-3)24-25(20)18(17)14-9-10-15(27-5)16(12-14)28-7-2/h9-10,12,18H,6-8,11H2,1-5H3,(H,22,23,24). The maximum Gasteiger partial charge on any atom is 0.338 e. The number of thioether (sulfide) groups is 1. The summed E-state index contributed by atoms with van der Waals surface area (Å²) in [6, 6.07) is 5.15. The van der Waals surface area contributed by atoms with Crippen LogP contribution in [0.15, 0.2) is 34.6 Å². The fourth-order valence-corrected chi connectivity index (χ4v) is 3.85. The van der Waals surface area contributed by atoms with Crippen molar-refractivity contribution in [1.29, 1.82) is 0 Å². The quantitative estimate of drug-likeness (QED) is 0.469. The minimum absolute atomic E-state index is 0.357. The molecule has 8 nitrogen and oxygen atoms in total. The van der Waals surface area contributed by atoms with Gasteiger partial charge in [-0.1, -0.05) is 31.7 Å². The van der Waals surface area contributed by atoms with Crippen LogP contribution in [0.25, 0.3) is 0 Å². The van der Waals surface area contributed by atoms with Crippen molar-refractivity contribution in [2.24, 2.45) is 0 Å². The average Bonchev–Trinajstić information content (AvgIpc) is 3.13. The molecule has 0 saturated heterocycles. The van der Waals surface area contributed by atoms with Gasteiger partial charge < -0.3 is 19.5 Å². The van der Waals surface area contributed by atoms with E-state index >= 15 is 0 Å². The van der Waals surface area contributed by atoms with Crippen LogP contribution in [-0.4, -0.2) is 46.8 Å². The van der Waals surface area contributed by atoms with Crippen LogP contribution < -0.4 is 14.8 Å². The van der Waals surface area contributed by atoms with Crippen molar-refractivity contribution in [3.8, 4) is 11.5 Å². The van der Waals surface area contributed by atoms with Gasteiger partial charge in [0.2, 0.25) is 11.1 Å². The molecule has 0 amide bonds. The third kappa shape index (κ3) is 4.40. The van der Waals surface area contributed by atoms with Gasteiger partial charge in [0, 0.05) is 5.70 Å². The number of nitrogens with one attached hydrogen (secondary N) is 1.